The first-order chi connectivity index (χ1) is 7.16. The Morgan fingerprint density at radius 2 is 2.33 bits per heavy atom. The van der Waals surface area contributed by atoms with E-state index < -0.39 is 0 Å². The third-order valence-corrected chi connectivity index (χ3v) is 3.02. The average molecular weight is 208 g/mol. The molecule has 2 heterocycles. The van der Waals surface area contributed by atoms with E-state index >= 15 is 0 Å². The van der Waals surface area contributed by atoms with Gasteiger partial charge in [0.1, 0.15) is 5.82 Å². The zero-order chi connectivity index (χ0) is 10.8. The van der Waals surface area contributed by atoms with Crippen LogP contribution in [0.2, 0.25) is 0 Å². The molecule has 4 nitrogen and oxygen atoms in total. The summed E-state index contributed by atoms with van der Waals surface area (Å²) in [6.07, 6.45) is 2.33. The predicted molar refractivity (Wildman–Crippen MR) is 59.8 cm³/mol. The molecule has 0 saturated carbocycles. The average Bonchev–Trinajstić information content (AvgIpc) is 2.77. The van der Waals surface area contributed by atoms with E-state index in [1.807, 2.05) is 11.7 Å². The molecule has 1 aliphatic rings. The van der Waals surface area contributed by atoms with E-state index in [-0.39, 0.29) is 0 Å². The Morgan fingerprint density at radius 3 is 2.87 bits per heavy atom. The molecular formula is C11H20N4. The van der Waals surface area contributed by atoms with Gasteiger partial charge in [-0.3, -0.25) is 4.68 Å². The third kappa shape index (κ3) is 2.37. The highest BCUT2D eigenvalue weighted by Crippen LogP contribution is 2.15. The van der Waals surface area contributed by atoms with Gasteiger partial charge in [0.15, 0.2) is 5.82 Å². The maximum atomic E-state index is 4.60. The van der Waals surface area contributed by atoms with E-state index in [4.69, 9.17) is 0 Å². The van der Waals surface area contributed by atoms with Crippen LogP contribution in [0.4, 0.5) is 0 Å². The third-order valence-electron chi connectivity index (χ3n) is 3.02. The van der Waals surface area contributed by atoms with Crippen molar-refractivity contribution in [3.8, 4) is 0 Å². The quantitative estimate of drug-likeness (QED) is 0.808. The van der Waals surface area contributed by atoms with E-state index in [0.717, 1.165) is 37.1 Å². The van der Waals surface area contributed by atoms with Crippen LogP contribution >= 0.6 is 0 Å². The van der Waals surface area contributed by atoms with Crippen molar-refractivity contribution in [1.82, 2.24) is 20.1 Å². The summed E-state index contributed by atoms with van der Waals surface area (Å²) < 4.78 is 1.94. The standard InChI is InChI=1S/C11H20N4/c1-8(2)11-13-10(15(3)14-11)6-9-4-5-12-7-9/h8-9,12H,4-7H2,1-3H3. The van der Waals surface area contributed by atoms with Crippen LogP contribution in [0.3, 0.4) is 0 Å². The topological polar surface area (TPSA) is 42.7 Å². The van der Waals surface area contributed by atoms with Crippen molar-refractivity contribution in [1.29, 1.82) is 0 Å². The molecule has 4 heteroatoms. The normalized spacial score (nSPS) is 21.5. The molecule has 1 atom stereocenters. The lowest BCUT2D eigenvalue weighted by Gasteiger charge is -2.05. The van der Waals surface area contributed by atoms with Gasteiger partial charge in [-0.05, 0) is 25.4 Å². The zero-order valence-electron chi connectivity index (χ0n) is 9.82. The molecule has 0 aliphatic carbocycles. The summed E-state index contributed by atoms with van der Waals surface area (Å²) in [7, 11) is 2.00. The number of aromatic nitrogens is 3. The Labute approximate surface area is 91.1 Å². The molecule has 0 amide bonds. The van der Waals surface area contributed by atoms with Crippen molar-refractivity contribution in [3.63, 3.8) is 0 Å². The molecular weight excluding hydrogens is 188 g/mol. The van der Waals surface area contributed by atoms with Crippen molar-refractivity contribution >= 4 is 0 Å². The highest BCUT2D eigenvalue weighted by molar-refractivity contribution is 4.98. The molecule has 1 aromatic rings. The lowest BCUT2D eigenvalue weighted by molar-refractivity contribution is 0.539. The van der Waals surface area contributed by atoms with Gasteiger partial charge >= 0.3 is 0 Å². The van der Waals surface area contributed by atoms with Crippen molar-refractivity contribution in [2.45, 2.75) is 32.6 Å². The number of aryl methyl sites for hydroxylation is 1. The van der Waals surface area contributed by atoms with Crippen LogP contribution in [0.5, 0.6) is 0 Å². The van der Waals surface area contributed by atoms with Crippen LogP contribution < -0.4 is 5.32 Å². The van der Waals surface area contributed by atoms with Crippen LogP contribution in [0.15, 0.2) is 0 Å². The summed E-state index contributed by atoms with van der Waals surface area (Å²) in [5.74, 6) is 3.27. The van der Waals surface area contributed by atoms with Crippen LogP contribution in [0.1, 0.15) is 37.8 Å². The molecule has 84 valence electrons. The van der Waals surface area contributed by atoms with Gasteiger partial charge in [0.05, 0.1) is 0 Å². The fourth-order valence-electron chi connectivity index (χ4n) is 2.01. The summed E-state index contributed by atoms with van der Waals surface area (Å²) in [5, 5.41) is 7.82. The van der Waals surface area contributed by atoms with E-state index in [0.29, 0.717) is 5.92 Å². The monoisotopic (exact) mass is 208 g/mol. The van der Waals surface area contributed by atoms with E-state index in [2.05, 4.69) is 29.2 Å². The Balaban J connectivity index is 2.06. The molecule has 0 radical (unpaired) electrons. The van der Waals surface area contributed by atoms with Crippen LogP contribution in [-0.2, 0) is 13.5 Å². The minimum absolute atomic E-state index is 0.423. The molecule has 1 aromatic heterocycles. The summed E-state index contributed by atoms with van der Waals surface area (Å²) in [4.78, 5) is 4.60. The summed E-state index contributed by atoms with van der Waals surface area (Å²) in [6.45, 7) is 6.55. The van der Waals surface area contributed by atoms with Crippen LogP contribution in [-0.4, -0.2) is 27.9 Å². The van der Waals surface area contributed by atoms with Gasteiger partial charge in [0.25, 0.3) is 0 Å². The number of hydrogen-bond donors (Lipinski definition) is 1. The largest absolute Gasteiger partial charge is 0.316 e. The van der Waals surface area contributed by atoms with Crippen LogP contribution in [0, 0.1) is 5.92 Å². The van der Waals surface area contributed by atoms with Gasteiger partial charge in [0.2, 0.25) is 0 Å². The Kier molecular flexibility index (Phi) is 3.05. The van der Waals surface area contributed by atoms with Crippen molar-refractivity contribution in [2.75, 3.05) is 13.1 Å². The SMILES string of the molecule is CC(C)c1nc(CC2CCNC2)n(C)n1. The number of hydrogen-bond acceptors (Lipinski definition) is 3. The zero-order valence-corrected chi connectivity index (χ0v) is 9.82. The molecule has 2 rings (SSSR count). The van der Waals surface area contributed by atoms with Crippen molar-refractivity contribution in [2.24, 2.45) is 13.0 Å². The Bertz CT molecular complexity index is 323. The first-order valence-corrected chi connectivity index (χ1v) is 5.77. The second-order valence-corrected chi connectivity index (χ2v) is 4.73. The van der Waals surface area contributed by atoms with E-state index in [1.54, 1.807) is 0 Å². The lowest BCUT2D eigenvalue weighted by atomic mass is 10.0. The van der Waals surface area contributed by atoms with Gasteiger partial charge in [-0.2, -0.15) is 5.10 Å². The number of rotatable bonds is 3. The summed E-state index contributed by atoms with van der Waals surface area (Å²) in [6, 6.07) is 0. The maximum absolute atomic E-state index is 4.60. The second-order valence-electron chi connectivity index (χ2n) is 4.73. The lowest BCUT2D eigenvalue weighted by Crippen LogP contribution is -2.13. The highest BCUT2D eigenvalue weighted by atomic mass is 15.3. The fourth-order valence-corrected chi connectivity index (χ4v) is 2.01. The molecule has 0 spiro atoms. The molecule has 0 bridgehead atoms. The van der Waals surface area contributed by atoms with Gasteiger partial charge in [-0.15, -0.1) is 0 Å². The summed E-state index contributed by atoms with van der Waals surface area (Å²) in [5.41, 5.74) is 0. The van der Waals surface area contributed by atoms with Crippen molar-refractivity contribution < 1.29 is 0 Å². The first kappa shape index (κ1) is 10.6. The van der Waals surface area contributed by atoms with E-state index in [1.165, 1.54) is 6.42 Å². The summed E-state index contributed by atoms with van der Waals surface area (Å²) >= 11 is 0. The van der Waals surface area contributed by atoms with Crippen LogP contribution in [0.25, 0.3) is 0 Å². The molecule has 0 aromatic carbocycles. The fraction of sp³-hybridized carbons (Fsp3) is 0.818. The van der Waals surface area contributed by atoms with E-state index in [9.17, 15) is 0 Å². The molecule has 15 heavy (non-hydrogen) atoms. The van der Waals surface area contributed by atoms with Gasteiger partial charge < -0.3 is 5.32 Å². The van der Waals surface area contributed by atoms with Gasteiger partial charge in [-0.1, -0.05) is 13.8 Å². The highest BCUT2D eigenvalue weighted by Gasteiger charge is 2.18. The smallest absolute Gasteiger partial charge is 0.153 e. The number of nitrogens with one attached hydrogen (secondary N) is 1. The molecule has 1 N–H and O–H groups in total. The maximum Gasteiger partial charge on any atom is 0.153 e. The van der Waals surface area contributed by atoms with Crippen molar-refractivity contribution in [3.05, 3.63) is 11.6 Å². The van der Waals surface area contributed by atoms with Gasteiger partial charge in [-0.25, -0.2) is 4.98 Å². The molecule has 1 aliphatic heterocycles. The molecule has 1 fully saturated rings. The first-order valence-electron chi connectivity index (χ1n) is 5.77. The molecule has 1 saturated heterocycles. The molecule has 1 unspecified atom stereocenters. The Morgan fingerprint density at radius 1 is 1.53 bits per heavy atom. The predicted octanol–water partition coefficient (Wildman–Crippen LogP) is 1.09. The van der Waals surface area contributed by atoms with Gasteiger partial charge in [0, 0.05) is 19.4 Å². The Hall–Kier alpha value is -0.900. The number of nitrogens with zero attached hydrogens (tertiary/aromatic N) is 3. The minimum atomic E-state index is 0.423. The minimum Gasteiger partial charge on any atom is -0.316 e. The second kappa shape index (κ2) is 4.31.